The lowest BCUT2D eigenvalue weighted by Crippen LogP contribution is -2.27. The van der Waals surface area contributed by atoms with Gasteiger partial charge in [-0.2, -0.15) is 0 Å². The highest BCUT2D eigenvalue weighted by Crippen LogP contribution is 2.23. The zero-order valence-electron chi connectivity index (χ0n) is 16.6. The Morgan fingerprint density at radius 1 is 0.967 bits per heavy atom. The molecule has 3 heterocycles. The molecule has 0 fully saturated rings. The molecule has 0 spiro atoms. The number of benzene rings is 2. The van der Waals surface area contributed by atoms with Gasteiger partial charge in [0.15, 0.2) is 11.5 Å². The predicted molar refractivity (Wildman–Crippen MR) is 116 cm³/mol. The van der Waals surface area contributed by atoms with Gasteiger partial charge < -0.3 is 9.88 Å². The average Bonchev–Trinajstić information content (AvgIpc) is 3.37. The number of para-hydroxylation sites is 1. The Labute approximate surface area is 173 Å². The molecule has 1 atom stereocenters. The second-order valence-electron chi connectivity index (χ2n) is 7.36. The van der Waals surface area contributed by atoms with Gasteiger partial charge in [0.2, 0.25) is 0 Å². The largest absolute Gasteiger partial charge is 0.342 e. The van der Waals surface area contributed by atoms with Crippen LogP contribution < -0.4 is 5.32 Å². The van der Waals surface area contributed by atoms with Crippen molar-refractivity contribution in [3.63, 3.8) is 0 Å². The van der Waals surface area contributed by atoms with Crippen molar-refractivity contribution in [1.82, 2.24) is 24.5 Å². The third kappa shape index (κ3) is 3.22. The lowest BCUT2D eigenvalue weighted by atomic mass is 10.1. The quantitative estimate of drug-likeness (QED) is 0.485. The second kappa shape index (κ2) is 7.48. The van der Waals surface area contributed by atoms with E-state index >= 15 is 0 Å². The molecule has 2 aromatic carbocycles. The van der Waals surface area contributed by atoms with Crippen molar-refractivity contribution in [2.24, 2.45) is 0 Å². The Balaban J connectivity index is 1.46. The fraction of sp³-hybridized carbons (Fsp3) is 0.125. The lowest BCUT2D eigenvalue weighted by molar-refractivity contribution is 0.0939. The maximum absolute atomic E-state index is 13.2. The van der Waals surface area contributed by atoms with Crippen LogP contribution in [0.4, 0.5) is 0 Å². The zero-order chi connectivity index (χ0) is 20.5. The first kappa shape index (κ1) is 18.1. The zero-order valence-corrected chi connectivity index (χ0v) is 16.6. The highest BCUT2D eigenvalue weighted by molar-refractivity contribution is 6.07. The minimum Gasteiger partial charge on any atom is -0.342 e. The molecule has 0 bridgehead atoms. The minimum absolute atomic E-state index is 0.127. The summed E-state index contributed by atoms with van der Waals surface area (Å²) in [6.45, 7) is 2.63. The fourth-order valence-electron chi connectivity index (χ4n) is 3.83. The minimum atomic E-state index is -0.286. The summed E-state index contributed by atoms with van der Waals surface area (Å²) in [5.41, 5.74) is 3.64. The summed E-state index contributed by atoms with van der Waals surface area (Å²) in [4.78, 5) is 13.2. The highest BCUT2D eigenvalue weighted by Gasteiger charge is 2.20. The first-order valence-corrected chi connectivity index (χ1v) is 9.93. The fourth-order valence-corrected chi connectivity index (χ4v) is 3.83. The molecule has 6 nitrogen and oxygen atoms in total. The molecule has 0 aliphatic heterocycles. The molecule has 5 rings (SSSR count). The SMILES string of the molecule is CC(NC(=O)c1cn(Cc2ccccc2)c2ccccc12)c1nnc2ccccn12. The predicted octanol–water partition coefficient (Wildman–Crippen LogP) is 4.22. The number of carbonyl (C=O) groups is 1. The van der Waals surface area contributed by atoms with Crippen LogP contribution in [0.5, 0.6) is 0 Å². The van der Waals surface area contributed by atoms with Gasteiger partial charge in [0, 0.05) is 29.8 Å². The van der Waals surface area contributed by atoms with Crippen molar-refractivity contribution >= 4 is 22.5 Å². The van der Waals surface area contributed by atoms with E-state index in [2.05, 4.69) is 32.2 Å². The first-order valence-electron chi connectivity index (χ1n) is 9.93. The van der Waals surface area contributed by atoms with E-state index in [1.165, 1.54) is 5.56 Å². The van der Waals surface area contributed by atoms with E-state index in [-0.39, 0.29) is 11.9 Å². The van der Waals surface area contributed by atoms with E-state index in [4.69, 9.17) is 0 Å². The number of hydrogen-bond acceptors (Lipinski definition) is 3. The van der Waals surface area contributed by atoms with Gasteiger partial charge in [0.05, 0.1) is 11.6 Å². The van der Waals surface area contributed by atoms with Crippen LogP contribution in [0.25, 0.3) is 16.6 Å². The van der Waals surface area contributed by atoms with E-state index in [1.54, 1.807) is 0 Å². The van der Waals surface area contributed by atoms with Gasteiger partial charge in [-0.05, 0) is 30.7 Å². The number of fused-ring (bicyclic) bond motifs is 2. The van der Waals surface area contributed by atoms with Crippen molar-refractivity contribution in [2.75, 3.05) is 0 Å². The topological polar surface area (TPSA) is 64.2 Å². The molecule has 5 aromatic rings. The summed E-state index contributed by atoms with van der Waals surface area (Å²) in [6, 6.07) is 23.7. The highest BCUT2D eigenvalue weighted by atomic mass is 16.1. The van der Waals surface area contributed by atoms with E-state index in [0.717, 1.165) is 16.6 Å². The molecule has 1 unspecified atom stereocenters. The van der Waals surface area contributed by atoms with Gasteiger partial charge in [-0.3, -0.25) is 9.20 Å². The van der Waals surface area contributed by atoms with Crippen molar-refractivity contribution in [1.29, 1.82) is 0 Å². The van der Waals surface area contributed by atoms with Crippen molar-refractivity contribution in [3.05, 3.63) is 102 Å². The summed E-state index contributed by atoms with van der Waals surface area (Å²) in [5, 5.41) is 12.5. The van der Waals surface area contributed by atoms with Gasteiger partial charge in [0.1, 0.15) is 0 Å². The van der Waals surface area contributed by atoms with Crippen LogP contribution in [0, 0.1) is 0 Å². The standard InChI is InChI=1S/C24H21N5O/c1-17(23-27-26-22-13-7-8-14-29(22)23)25-24(30)20-16-28(15-18-9-3-2-4-10-18)21-12-6-5-11-19(20)21/h2-14,16-17H,15H2,1H3,(H,25,30). The maximum Gasteiger partial charge on any atom is 0.254 e. The molecule has 1 N–H and O–H groups in total. The molecular formula is C24H21N5O. The summed E-state index contributed by atoms with van der Waals surface area (Å²) in [5.74, 6) is 0.574. The van der Waals surface area contributed by atoms with E-state index in [0.29, 0.717) is 17.9 Å². The van der Waals surface area contributed by atoms with Gasteiger partial charge in [-0.25, -0.2) is 0 Å². The van der Waals surface area contributed by atoms with Gasteiger partial charge in [-0.15, -0.1) is 10.2 Å². The Morgan fingerprint density at radius 2 is 1.73 bits per heavy atom. The van der Waals surface area contributed by atoms with Crippen molar-refractivity contribution in [3.8, 4) is 0 Å². The molecule has 1 amide bonds. The molecule has 30 heavy (non-hydrogen) atoms. The molecule has 0 saturated heterocycles. The summed E-state index contributed by atoms with van der Waals surface area (Å²) >= 11 is 0. The number of hydrogen-bond donors (Lipinski definition) is 1. The first-order chi connectivity index (χ1) is 14.7. The summed E-state index contributed by atoms with van der Waals surface area (Å²) in [6.07, 6.45) is 3.83. The van der Waals surface area contributed by atoms with Crippen LogP contribution in [-0.2, 0) is 6.54 Å². The third-order valence-corrected chi connectivity index (χ3v) is 5.30. The van der Waals surface area contributed by atoms with Crippen LogP contribution in [0.3, 0.4) is 0 Å². The Morgan fingerprint density at radius 3 is 2.60 bits per heavy atom. The number of nitrogens with one attached hydrogen (secondary N) is 1. The van der Waals surface area contributed by atoms with E-state index in [9.17, 15) is 4.79 Å². The second-order valence-corrected chi connectivity index (χ2v) is 7.36. The number of amides is 1. The molecule has 0 aliphatic rings. The molecule has 0 aliphatic carbocycles. The Bertz CT molecular complexity index is 1340. The molecule has 6 heteroatoms. The normalized spacial score (nSPS) is 12.3. The number of pyridine rings is 1. The smallest absolute Gasteiger partial charge is 0.254 e. The maximum atomic E-state index is 13.2. The lowest BCUT2D eigenvalue weighted by Gasteiger charge is -2.12. The molecule has 3 aromatic heterocycles. The number of nitrogens with zero attached hydrogens (tertiary/aromatic N) is 4. The van der Waals surface area contributed by atoms with Crippen LogP contribution in [0.15, 0.2) is 85.2 Å². The van der Waals surface area contributed by atoms with Gasteiger partial charge in [0.25, 0.3) is 5.91 Å². The van der Waals surface area contributed by atoms with Crippen molar-refractivity contribution < 1.29 is 4.79 Å². The monoisotopic (exact) mass is 395 g/mol. The van der Waals surface area contributed by atoms with Crippen molar-refractivity contribution in [2.45, 2.75) is 19.5 Å². The van der Waals surface area contributed by atoms with Crippen LogP contribution >= 0.6 is 0 Å². The summed E-state index contributed by atoms with van der Waals surface area (Å²) in [7, 11) is 0. The molecule has 148 valence electrons. The molecule has 0 radical (unpaired) electrons. The average molecular weight is 395 g/mol. The van der Waals surface area contributed by atoms with Crippen LogP contribution in [0.2, 0.25) is 0 Å². The Kier molecular flexibility index (Phi) is 4.52. The van der Waals surface area contributed by atoms with Gasteiger partial charge >= 0.3 is 0 Å². The summed E-state index contributed by atoms with van der Waals surface area (Å²) < 4.78 is 4.01. The van der Waals surface area contributed by atoms with Crippen LogP contribution in [-0.4, -0.2) is 25.1 Å². The number of aromatic nitrogens is 4. The van der Waals surface area contributed by atoms with Crippen LogP contribution in [0.1, 0.15) is 34.7 Å². The number of carbonyl (C=O) groups excluding carboxylic acids is 1. The Hall–Kier alpha value is -3.93. The number of rotatable bonds is 5. The third-order valence-electron chi connectivity index (χ3n) is 5.30. The van der Waals surface area contributed by atoms with E-state index in [1.807, 2.05) is 84.4 Å². The van der Waals surface area contributed by atoms with E-state index < -0.39 is 0 Å². The molecular weight excluding hydrogens is 374 g/mol. The molecule has 0 saturated carbocycles. The van der Waals surface area contributed by atoms with Gasteiger partial charge in [-0.1, -0.05) is 54.6 Å².